The lowest BCUT2D eigenvalue weighted by atomic mass is 10.1. The Morgan fingerprint density at radius 1 is 0.286 bits per heavy atom. The molecule has 0 aromatic rings. The number of nitrogens with zero attached hydrogens (tertiary/aromatic N) is 3. The molecular formula is C51H117F6N3O18P6. The Hall–Kier alpha value is 0.360. The fourth-order valence-corrected chi connectivity index (χ4v) is 15.1. The van der Waals surface area contributed by atoms with Gasteiger partial charge < -0.3 is 51.9 Å². The molecule has 0 rings (SSSR count). The maximum absolute atomic E-state index is 11.1. The van der Waals surface area contributed by atoms with Crippen LogP contribution in [0.5, 0.6) is 0 Å². The first-order valence-corrected chi connectivity index (χ1v) is 40.9. The molecule has 0 amide bonds. The van der Waals surface area contributed by atoms with Crippen molar-refractivity contribution < 1.29 is 126 Å². The average Bonchev–Trinajstić information content (AvgIpc) is 3.47. The summed E-state index contributed by atoms with van der Waals surface area (Å²) in [4.78, 5) is 53.5. The minimum atomic E-state index is -5.31. The summed E-state index contributed by atoms with van der Waals surface area (Å²) in [6.07, 6.45) is 33.2. The van der Waals surface area contributed by atoms with Gasteiger partial charge >= 0.3 is 30.4 Å². The van der Waals surface area contributed by atoms with Crippen molar-refractivity contribution in [2.75, 3.05) is 96.2 Å². The summed E-state index contributed by atoms with van der Waals surface area (Å²) >= 11 is 0. The van der Waals surface area contributed by atoms with Crippen molar-refractivity contribution in [1.29, 1.82) is 0 Å². The highest BCUT2D eigenvalue weighted by Crippen LogP contribution is 2.60. The number of rotatable bonds is 48. The molecule has 0 saturated heterocycles. The van der Waals surface area contributed by atoms with Gasteiger partial charge in [0.15, 0.2) is 5.90 Å². The molecule has 0 radical (unpaired) electrons. The van der Waals surface area contributed by atoms with Crippen LogP contribution in [0.1, 0.15) is 237 Å². The van der Waals surface area contributed by atoms with Crippen LogP contribution in [0.4, 0.5) is 27.2 Å². The topological polar surface area (TPSA) is 288 Å². The smallest absolute Gasteiger partial charge is 0.406 e. The lowest BCUT2D eigenvalue weighted by Gasteiger charge is -2.39. The second-order valence-corrected chi connectivity index (χ2v) is 33.2. The monoisotopic (exact) mass is 1360 g/mol. The molecule has 0 aliphatic heterocycles. The zero-order valence-corrected chi connectivity index (χ0v) is 58.7. The number of hydrogen-bond acceptors (Lipinski definition) is 15. The van der Waals surface area contributed by atoms with Crippen molar-refractivity contribution >= 4 is 45.6 Å². The Balaban J connectivity index is -0.000000220. The van der Waals surface area contributed by atoms with E-state index in [9.17, 15) is 69.2 Å². The van der Waals surface area contributed by atoms with Crippen molar-refractivity contribution in [3.05, 3.63) is 0 Å². The van der Waals surface area contributed by atoms with Crippen LogP contribution >= 0.6 is 45.6 Å². The quantitative estimate of drug-likeness (QED) is 0.0290. The number of halogens is 6. The molecule has 0 heterocycles. The van der Waals surface area contributed by atoms with Gasteiger partial charge in [-0.15, -0.1) is 28.4 Å². The van der Waals surface area contributed by atoms with Gasteiger partial charge in [-0.2, -0.15) is 0 Å². The van der Waals surface area contributed by atoms with E-state index in [1.807, 2.05) is 0 Å². The normalized spacial score (nSPS) is 13.1. The highest BCUT2D eigenvalue weighted by molar-refractivity contribution is 7.70. The molecule has 0 aliphatic rings. The number of unbranched alkanes of at least 4 members (excludes halogenated alkanes) is 12. The van der Waals surface area contributed by atoms with E-state index < -0.39 is 63.3 Å². The van der Waals surface area contributed by atoms with E-state index in [-0.39, 0.29) is 0 Å². The van der Waals surface area contributed by atoms with E-state index in [1.54, 1.807) is 0 Å². The van der Waals surface area contributed by atoms with E-state index >= 15 is 0 Å². The second-order valence-electron chi connectivity index (χ2n) is 21.5. The molecule has 0 bridgehead atoms. The maximum Gasteiger partial charge on any atom is 0.406 e. The molecule has 1 atom stereocenters. The van der Waals surface area contributed by atoms with Crippen molar-refractivity contribution in [3.8, 4) is 0 Å². The van der Waals surface area contributed by atoms with E-state index in [1.165, 1.54) is 246 Å². The lowest BCUT2D eigenvalue weighted by molar-refractivity contribution is -0.929. The molecule has 3 N–H and O–H groups in total. The minimum absolute atomic E-state index is 1.35. The van der Waals surface area contributed by atoms with Gasteiger partial charge in [-0.25, -0.2) is 0 Å². The van der Waals surface area contributed by atoms with Gasteiger partial charge in [-0.1, -0.05) is 168 Å². The third-order valence-corrected chi connectivity index (χ3v) is 23.2. The highest BCUT2D eigenvalue weighted by Gasteiger charge is 2.37. The molecule has 0 saturated carbocycles. The predicted octanol–water partition coefficient (Wildman–Crippen LogP) is 16.5. The van der Waals surface area contributed by atoms with Crippen LogP contribution in [0.15, 0.2) is 0 Å². The Labute approximate surface area is 503 Å². The van der Waals surface area contributed by atoms with E-state index in [4.69, 9.17) is 14.7 Å². The number of quaternary nitrogens is 3. The van der Waals surface area contributed by atoms with E-state index in [0.29, 0.717) is 0 Å². The van der Waals surface area contributed by atoms with Gasteiger partial charge in [0.1, 0.15) is 13.5 Å². The largest absolute Gasteiger partial charge is 0.810 e. The average molecular weight is 1360 g/mol. The van der Waals surface area contributed by atoms with Crippen molar-refractivity contribution in [2.45, 2.75) is 237 Å². The second kappa shape index (κ2) is 57.3. The Kier molecular flexibility index (Phi) is 65.1. The summed E-state index contributed by atoms with van der Waals surface area (Å²) in [5, 5.41) is 0. The fraction of sp³-hybridized carbons (Fsp3) is 1.00. The number of hydrogen-bond donors (Lipinski definition) is 3. The molecular weight excluding hydrogens is 1240 g/mol. The summed E-state index contributed by atoms with van der Waals surface area (Å²) < 4.78 is 145. The molecule has 0 aliphatic carbocycles. The van der Waals surface area contributed by atoms with Crippen molar-refractivity contribution in [1.82, 2.24) is 0 Å². The molecule has 84 heavy (non-hydrogen) atoms. The molecule has 33 heteroatoms. The van der Waals surface area contributed by atoms with Crippen LogP contribution in [0, 0.1) is 0 Å². The van der Waals surface area contributed by atoms with Crippen molar-refractivity contribution in [3.63, 3.8) is 0 Å². The minimum Gasteiger partial charge on any atom is -0.810 e. The first kappa shape index (κ1) is 95.5. The lowest BCUT2D eigenvalue weighted by Crippen LogP contribution is -2.50. The van der Waals surface area contributed by atoms with Crippen LogP contribution in [0.25, 0.3) is 0 Å². The maximum atomic E-state index is 11.1. The molecule has 0 aromatic carbocycles. The zero-order chi connectivity index (χ0) is 66.3. The van der Waals surface area contributed by atoms with Gasteiger partial charge in [0.05, 0.1) is 84.4 Å². The van der Waals surface area contributed by atoms with Crippen LogP contribution < -0.4 is 14.7 Å². The summed E-state index contributed by atoms with van der Waals surface area (Å²) in [5.74, 6) is -5.23. The zero-order valence-electron chi connectivity index (χ0n) is 53.3. The van der Waals surface area contributed by atoms with Gasteiger partial charge in [-0.05, 0) is 104 Å². The van der Waals surface area contributed by atoms with Gasteiger partial charge in [0, 0.05) is 0 Å². The molecule has 0 spiro atoms. The Morgan fingerprint density at radius 3 is 0.500 bits per heavy atom. The summed E-state index contributed by atoms with van der Waals surface area (Å²) in [5.41, 5.74) is 0. The first-order valence-electron chi connectivity index (χ1n) is 30.4. The Morgan fingerprint density at radius 2 is 0.429 bits per heavy atom. The van der Waals surface area contributed by atoms with Crippen molar-refractivity contribution in [2.24, 2.45) is 0 Å². The van der Waals surface area contributed by atoms with Crippen LogP contribution in [-0.4, -0.2) is 124 Å². The third-order valence-electron chi connectivity index (χ3n) is 13.5. The third kappa shape index (κ3) is 58.7. The van der Waals surface area contributed by atoms with E-state index in [2.05, 4.69) is 111 Å². The fourth-order valence-electron chi connectivity index (χ4n) is 8.75. The highest BCUT2D eigenvalue weighted by atomic mass is 31.2. The van der Waals surface area contributed by atoms with Crippen LogP contribution in [0.3, 0.4) is 0 Å². The molecule has 1 unspecified atom stereocenters. The first-order chi connectivity index (χ1) is 39.2. The Bertz CT molecular complexity index is 1450. The summed E-state index contributed by atoms with van der Waals surface area (Å²) in [6.45, 7) is 45.1. The van der Waals surface area contributed by atoms with Crippen LogP contribution in [0.2, 0.25) is 0 Å². The van der Waals surface area contributed by atoms with Gasteiger partial charge in [0.2, 0.25) is 0 Å². The van der Waals surface area contributed by atoms with Gasteiger partial charge in [-0.3, -0.25) is 18.3 Å². The summed E-state index contributed by atoms with van der Waals surface area (Å²) in [7, 11) is -30.1. The molecule has 516 valence electrons. The van der Waals surface area contributed by atoms with E-state index in [0.717, 1.165) is 0 Å². The summed E-state index contributed by atoms with van der Waals surface area (Å²) in [6, 6.07) is 0. The molecule has 0 fully saturated rings. The standard InChI is InChI=1S/3C16H36N.3CH4F2O6P2/c3*1-5-9-13-17(14-10-6-2,15-11-7-3)16-12-8-4;3*2-8-11(7,9-3)1-10(4,5)6/h3*5-16H2,1-4H3;3*1H2,(H2,4,5,6)/q3*+1;;;/p-3. The molecule has 21 nitrogen and oxygen atoms in total. The predicted molar refractivity (Wildman–Crippen MR) is 318 cm³/mol. The SMILES string of the molecule is CCCC[N+](CCCC)(CCCC)CCCC.CCCC[N+](CCCC)(CCCC)CCCC.CCCC[N+](CCCC)(CCCC)CCCC.O=P(O)(O)CP(=O)(OF)OF.O=P([O-])(O)CP(=O)(OF)OF.O=P([O-])([O-])CP(=O)(OF)OF. The van der Waals surface area contributed by atoms with Crippen LogP contribution in [-0.2, 0) is 55.8 Å². The molecule has 0 aromatic heterocycles. The van der Waals surface area contributed by atoms with Gasteiger partial charge in [0.25, 0.3) is 0 Å².